The molecule has 4 aromatic rings. The van der Waals surface area contributed by atoms with Gasteiger partial charge in [0.2, 0.25) is 17.6 Å². The van der Waals surface area contributed by atoms with Crippen molar-refractivity contribution in [1.82, 2.24) is 24.6 Å². The number of carbonyl (C=O) groups excluding carboxylic acids is 1. The summed E-state index contributed by atoms with van der Waals surface area (Å²) in [5.74, 6) is 1.38. The van der Waals surface area contributed by atoms with Gasteiger partial charge in [-0.1, -0.05) is 17.3 Å². The number of hydrogen-bond acceptors (Lipinski definition) is 6. The molecule has 154 valence electrons. The van der Waals surface area contributed by atoms with E-state index in [4.69, 9.17) is 8.94 Å². The number of carbonyl (C=O) groups is 1. The Morgan fingerprint density at radius 2 is 2.00 bits per heavy atom. The summed E-state index contributed by atoms with van der Waals surface area (Å²) in [4.78, 5) is 34.0. The minimum absolute atomic E-state index is 0.0532. The average molecular weight is 407 g/mol. The maximum atomic E-state index is 12.6. The molecule has 1 aromatic carbocycles. The van der Waals surface area contributed by atoms with Crippen LogP contribution in [0.5, 0.6) is 0 Å². The summed E-state index contributed by atoms with van der Waals surface area (Å²) in [6.07, 6.45) is 3.72. The van der Waals surface area contributed by atoms with Gasteiger partial charge in [-0.25, -0.2) is 4.79 Å². The van der Waals surface area contributed by atoms with Crippen LogP contribution in [0.3, 0.4) is 0 Å². The predicted octanol–water partition coefficient (Wildman–Crippen LogP) is 2.77. The van der Waals surface area contributed by atoms with Gasteiger partial charge in [-0.05, 0) is 37.1 Å². The van der Waals surface area contributed by atoms with Gasteiger partial charge >= 0.3 is 5.69 Å². The van der Waals surface area contributed by atoms with Crippen LogP contribution in [0.15, 0.2) is 56.4 Å². The van der Waals surface area contributed by atoms with E-state index in [-0.39, 0.29) is 17.6 Å². The van der Waals surface area contributed by atoms with Crippen LogP contribution in [0, 0.1) is 0 Å². The zero-order valence-electron chi connectivity index (χ0n) is 16.3. The van der Waals surface area contributed by atoms with Crippen LogP contribution < -0.4 is 5.69 Å². The van der Waals surface area contributed by atoms with Crippen LogP contribution in [0.1, 0.15) is 31.2 Å². The number of aryl methyl sites for hydroxylation is 1. The van der Waals surface area contributed by atoms with Crippen molar-refractivity contribution in [3.05, 3.63) is 59.0 Å². The summed E-state index contributed by atoms with van der Waals surface area (Å²) in [5.41, 5.74) is 1.66. The number of nitrogens with zero attached hydrogens (tertiary/aromatic N) is 4. The Morgan fingerprint density at radius 3 is 2.80 bits per heavy atom. The Hall–Kier alpha value is -3.62. The molecule has 0 aliphatic carbocycles. The fourth-order valence-corrected chi connectivity index (χ4v) is 4.04. The van der Waals surface area contributed by atoms with E-state index in [1.807, 2.05) is 33.7 Å². The minimum atomic E-state index is -0.0928. The quantitative estimate of drug-likeness (QED) is 0.545. The standard InChI is InChI=1S/C21H21N5O4/c27-19(8-7-18-23-20(24-30-18)17-6-3-13-29-17)25-11-9-14(10-12-25)26-16-5-2-1-4-15(16)22-21(26)28/h1-6,13-14H,7-12H2,(H,22,28). The molecule has 0 radical (unpaired) electrons. The van der Waals surface area contributed by atoms with E-state index >= 15 is 0 Å². The van der Waals surface area contributed by atoms with E-state index in [1.54, 1.807) is 18.4 Å². The lowest BCUT2D eigenvalue weighted by atomic mass is 10.0. The van der Waals surface area contributed by atoms with E-state index in [1.165, 1.54) is 0 Å². The van der Waals surface area contributed by atoms with Crippen LogP contribution >= 0.6 is 0 Å². The first-order chi connectivity index (χ1) is 14.7. The topological polar surface area (TPSA) is 110 Å². The molecule has 5 rings (SSSR count). The smallest absolute Gasteiger partial charge is 0.326 e. The zero-order valence-corrected chi connectivity index (χ0v) is 16.3. The molecule has 0 saturated carbocycles. The first kappa shape index (κ1) is 18.4. The number of aromatic amines is 1. The molecule has 1 aliphatic heterocycles. The summed E-state index contributed by atoms with van der Waals surface area (Å²) in [5, 5.41) is 3.88. The first-order valence-electron chi connectivity index (χ1n) is 10.0. The van der Waals surface area contributed by atoms with E-state index in [0.717, 1.165) is 23.9 Å². The molecule has 9 heteroatoms. The molecule has 0 atom stereocenters. The normalized spacial score (nSPS) is 15.1. The number of rotatable bonds is 5. The number of piperidine rings is 1. The van der Waals surface area contributed by atoms with E-state index in [2.05, 4.69) is 15.1 Å². The van der Waals surface area contributed by atoms with E-state index in [9.17, 15) is 9.59 Å². The summed E-state index contributed by atoms with van der Waals surface area (Å²) in [6, 6.07) is 11.3. The molecular formula is C21H21N5O4. The van der Waals surface area contributed by atoms with Gasteiger partial charge in [0.1, 0.15) is 0 Å². The third-order valence-corrected chi connectivity index (χ3v) is 5.57. The Bertz CT molecular complexity index is 1210. The van der Waals surface area contributed by atoms with Gasteiger partial charge in [0.05, 0.1) is 17.3 Å². The van der Waals surface area contributed by atoms with Crippen LogP contribution in [0.2, 0.25) is 0 Å². The number of nitrogens with one attached hydrogen (secondary N) is 1. The molecule has 0 bridgehead atoms. The zero-order chi connectivity index (χ0) is 20.5. The SMILES string of the molecule is O=C(CCc1nc(-c2ccco2)no1)N1CCC(n2c(=O)[nH]c3ccccc32)CC1. The molecule has 9 nitrogen and oxygen atoms in total. The van der Waals surface area contributed by atoms with Crippen molar-refractivity contribution in [2.24, 2.45) is 0 Å². The second-order valence-corrected chi connectivity index (χ2v) is 7.42. The van der Waals surface area contributed by atoms with Crippen molar-refractivity contribution in [2.45, 2.75) is 31.7 Å². The molecule has 4 heterocycles. The van der Waals surface area contributed by atoms with Crippen molar-refractivity contribution in [1.29, 1.82) is 0 Å². The number of fused-ring (bicyclic) bond motifs is 1. The number of imidazole rings is 1. The highest BCUT2D eigenvalue weighted by Gasteiger charge is 2.26. The van der Waals surface area contributed by atoms with Crippen molar-refractivity contribution < 1.29 is 13.7 Å². The van der Waals surface area contributed by atoms with Gasteiger partial charge in [0.25, 0.3) is 0 Å². The molecule has 0 unspecified atom stereocenters. The summed E-state index contributed by atoms with van der Waals surface area (Å²) >= 11 is 0. The number of benzene rings is 1. The molecule has 1 aliphatic rings. The lowest BCUT2D eigenvalue weighted by molar-refractivity contribution is -0.132. The number of furan rings is 1. The number of para-hydroxylation sites is 2. The molecule has 1 fully saturated rings. The summed E-state index contributed by atoms with van der Waals surface area (Å²) in [6.45, 7) is 1.24. The Kier molecular flexibility index (Phi) is 4.70. The molecule has 3 aromatic heterocycles. The van der Waals surface area contributed by atoms with Crippen LogP contribution in [-0.2, 0) is 11.2 Å². The van der Waals surface area contributed by atoms with E-state index in [0.29, 0.717) is 43.4 Å². The van der Waals surface area contributed by atoms with Gasteiger partial charge in [-0.15, -0.1) is 0 Å². The highest BCUT2D eigenvalue weighted by molar-refractivity contribution is 5.77. The number of H-pyrrole nitrogens is 1. The van der Waals surface area contributed by atoms with Crippen LogP contribution in [0.4, 0.5) is 0 Å². The number of aromatic nitrogens is 4. The minimum Gasteiger partial charge on any atom is -0.461 e. The number of likely N-dealkylation sites (tertiary alicyclic amines) is 1. The van der Waals surface area contributed by atoms with E-state index < -0.39 is 0 Å². The highest BCUT2D eigenvalue weighted by atomic mass is 16.5. The van der Waals surface area contributed by atoms with Gasteiger partial charge in [0, 0.05) is 32.0 Å². The second-order valence-electron chi connectivity index (χ2n) is 7.42. The van der Waals surface area contributed by atoms with Crippen molar-refractivity contribution in [3.8, 4) is 11.6 Å². The fraction of sp³-hybridized carbons (Fsp3) is 0.333. The van der Waals surface area contributed by atoms with Crippen molar-refractivity contribution >= 4 is 16.9 Å². The Morgan fingerprint density at radius 1 is 1.17 bits per heavy atom. The molecule has 30 heavy (non-hydrogen) atoms. The fourth-order valence-electron chi connectivity index (χ4n) is 4.04. The van der Waals surface area contributed by atoms with Crippen LogP contribution in [-0.4, -0.2) is 43.6 Å². The lowest BCUT2D eigenvalue weighted by Crippen LogP contribution is -2.40. The molecule has 1 N–H and O–H groups in total. The molecular weight excluding hydrogens is 386 g/mol. The Labute approximate surface area is 171 Å². The second kappa shape index (κ2) is 7.66. The maximum Gasteiger partial charge on any atom is 0.326 e. The van der Waals surface area contributed by atoms with Gasteiger partial charge in [-0.2, -0.15) is 4.98 Å². The van der Waals surface area contributed by atoms with Gasteiger partial charge in [-0.3, -0.25) is 9.36 Å². The number of amides is 1. The molecule has 1 saturated heterocycles. The Balaban J connectivity index is 1.18. The molecule has 0 spiro atoms. The van der Waals surface area contributed by atoms with Gasteiger partial charge in [0.15, 0.2) is 5.76 Å². The van der Waals surface area contributed by atoms with Gasteiger partial charge < -0.3 is 18.8 Å². The summed E-state index contributed by atoms with van der Waals surface area (Å²) < 4.78 is 12.3. The first-order valence-corrected chi connectivity index (χ1v) is 10.0. The third-order valence-electron chi connectivity index (χ3n) is 5.57. The van der Waals surface area contributed by atoms with Crippen molar-refractivity contribution in [3.63, 3.8) is 0 Å². The van der Waals surface area contributed by atoms with Crippen LogP contribution in [0.25, 0.3) is 22.6 Å². The maximum absolute atomic E-state index is 12.6. The largest absolute Gasteiger partial charge is 0.461 e. The average Bonchev–Trinajstić information content (AvgIpc) is 3.51. The highest BCUT2D eigenvalue weighted by Crippen LogP contribution is 2.25. The number of hydrogen-bond donors (Lipinski definition) is 1. The monoisotopic (exact) mass is 407 g/mol. The third kappa shape index (κ3) is 3.42. The van der Waals surface area contributed by atoms with Crippen molar-refractivity contribution in [2.75, 3.05) is 13.1 Å². The molecule has 1 amide bonds. The summed E-state index contributed by atoms with van der Waals surface area (Å²) in [7, 11) is 0. The predicted molar refractivity (Wildman–Crippen MR) is 108 cm³/mol. The lowest BCUT2D eigenvalue weighted by Gasteiger charge is -2.32.